The maximum absolute atomic E-state index is 14.0. The van der Waals surface area contributed by atoms with Crippen molar-refractivity contribution in [3.8, 4) is 0 Å². The van der Waals surface area contributed by atoms with Gasteiger partial charge in [0.1, 0.15) is 0 Å². The second-order valence-corrected chi connectivity index (χ2v) is 12.8. The summed E-state index contributed by atoms with van der Waals surface area (Å²) in [6.07, 6.45) is 7.78. The summed E-state index contributed by atoms with van der Waals surface area (Å²) in [5.41, 5.74) is 8.14. The van der Waals surface area contributed by atoms with E-state index >= 15 is 0 Å². The van der Waals surface area contributed by atoms with Gasteiger partial charge in [0, 0.05) is 5.56 Å². The Bertz CT molecular complexity index is 1140. The zero-order chi connectivity index (χ0) is 22.5. The molecule has 0 radical (unpaired) electrons. The molecule has 0 saturated heterocycles. The summed E-state index contributed by atoms with van der Waals surface area (Å²) in [6, 6.07) is 0. The Morgan fingerprint density at radius 1 is 0.742 bits per heavy atom. The molecule has 4 saturated carbocycles. The van der Waals surface area contributed by atoms with E-state index < -0.39 is 10.0 Å². The van der Waals surface area contributed by atoms with Gasteiger partial charge in [0.25, 0.3) is 10.0 Å². The summed E-state index contributed by atoms with van der Waals surface area (Å²) < 4.78 is 29.4. The molecule has 0 aliphatic heterocycles. The fourth-order valence-electron chi connectivity index (χ4n) is 7.98. The molecule has 0 N–H and O–H groups in total. The van der Waals surface area contributed by atoms with Crippen LogP contribution in [0.5, 0.6) is 0 Å². The van der Waals surface area contributed by atoms with Gasteiger partial charge in [0.15, 0.2) is 0 Å². The van der Waals surface area contributed by atoms with Crippen molar-refractivity contribution in [1.82, 2.24) is 9.19 Å². The minimum atomic E-state index is -3.76. The third kappa shape index (κ3) is 2.84. The van der Waals surface area contributed by atoms with Crippen LogP contribution in [0.15, 0.2) is 4.90 Å². The van der Waals surface area contributed by atoms with Gasteiger partial charge in [-0.15, -0.1) is 0 Å². The number of aromatic nitrogens is 2. The van der Waals surface area contributed by atoms with Gasteiger partial charge in [-0.3, -0.25) is 0 Å². The molecule has 0 atom stereocenters. The second kappa shape index (κ2) is 6.69. The standard InChI is InChI=1S/C26H36N2O2S/c1-14-15(2)17(4)25(18(5)16(14)3)31(29,30)28-20(7)24(19(6)27-28)26-11-21-8-22(12-26)10-23(9-21)13-26/h21-23H,8-13H2,1-7H3. The van der Waals surface area contributed by atoms with Gasteiger partial charge in [0.2, 0.25) is 0 Å². The monoisotopic (exact) mass is 440 g/mol. The van der Waals surface area contributed by atoms with Crippen molar-refractivity contribution in [3.05, 3.63) is 44.8 Å². The van der Waals surface area contributed by atoms with E-state index in [0.717, 1.165) is 51.4 Å². The fraction of sp³-hybridized carbons (Fsp3) is 0.654. The molecule has 1 aromatic heterocycles. The molecule has 1 heterocycles. The average Bonchev–Trinajstić information content (AvgIpc) is 2.99. The number of rotatable bonds is 3. The van der Waals surface area contributed by atoms with Gasteiger partial charge < -0.3 is 0 Å². The first kappa shape index (κ1) is 21.2. The zero-order valence-electron chi connectivity index (χ0n) is 20.1. The molecule has 4 bridgehead atoms. The summed E-state index contributed by atoms with van der Waals surface area (Å²) >= 11 is 0. The number of aryl methyl sites for hydroxylation is 1. The van der Waals surface area contributed by atoms with Gasteiger partial charge in [-0.1, -0.05) is 0 Å². The van der Waals surface area contributed by atoms with Crippen LogP contribution in [0, 0.1) is 66.2 Å². The summed E-state index contributed by atoms with van der Waals surface area (Å²) in [7, 11) is -3.76. The van der Waals surface area contributed by atoms with Crippen LogP contribution in [-0.4, -0.2) is 17.6 Å². The van der Waals surface area contributed by atoms with Crippen LogP contribution < -0.4 is 0 Å². The lowest BCUT2D eigenvalue weighted by Gasteiger charge is -2.57. The van der Waals surface area contributed by atoms with Crippen LogP contribution in [0.2, 0.25) is 0 Å². The fourth-order valence-corrected chi connectivity index (χ4v) is 9.91. The molecular weight excluding hydrogens is 404 g/mol. The first-order valence-corrected chi connectivity index (χ1v) is 13.3. The highest BCUT2D eigenvalue weighted by Gasteiger charge is 2.53. The Kier molecular flexibility index (Phi) is 4.59. The van der Waals surface area contributed by atoms with Crippen molar-refractivity contribution in [2.45, 2.75) is 97.3 Å². The van der Waals surface area contributed by atoms with E-state index in [0.29, 0.717) is 4.90 Å². The zero-order valence-corrected chi connectivity index (χ0v) is 20.9. The number of nitrogens with zero attached hydrogens (tertiary/aromatic N) is 2. The van der Waals surface area contributed by atoms with Crippen LogP contribution in [0.3, 0.4) is 0 Å². The van der Waals surface area contributed by atoms with Gasteiger partial charge in [0.05, 0.1) is 16.3 Å². The summed E-state index contributed by atoms with van der Waals surface area (Å²) in [5.74, 6) is 2.45. The lowest BCUT2D eigenvalue weighted by molar-refractivity contribution is -0.00574. The van der Waals surface area contributed by atoms with Crippen LogP contribution in [0.25, 0.3) is 0 Å². The molecule has 0 unspecified atom stereocenters. The normalized spacial score (nSPS) is 29.7. The molecule has 168 valence electrons. The molecule has 4 fully saturated rings. The van der Waals surface area contributed by atoms with Gasteiger partial charge in [-0.05, 0) is 138 Å². The van der Waals surface area contributed by atoms with Crippen LogP contribution >= 0.6 is 0 Å². The molecule has 0 amide bonds. The van der Waals surface area contributed by atoms with E-state index in [4.69, 9.17) is 5.10 Å². The Hall–Kier alpha value is -1.62. The van der Waals surface area contributed by atoms with E-state index in [2.05, 4.69) is 6.92 Å². The Balaban J connectivity index is 1.68. The molecule has 1 aromatic carbocycles. The van der Waals surface area contributed by atoms with Crippen molar-refractivity contribution in [3.63, 3.8) is 0 Å². The summed E-state index contributed by atoms with van der Waals surface area (Å²) in [5, 5.41) is 4.71. The lowest BCUT2D eigenvalue weighted by atomic mass is 9.48. The molecule has 4 aliphatic carbocycles. The molecule has 4 nitrogen and oxygen atoms in total. The Labute approximate surface area is 187 Å². The number of benzene rings is 1. The summed E-state index contributed by atoms with van der Waals surface area (Å²) in [4.78, 5) is 0.441. The van der Waals surface area contributed by atoms with Crippen molar-refractivity contribution >= 4 is 10.0 Å². The van der Waals surface area contributed by atoms with Crippen LogP contribution in [0.4, 0.5) is 0 Å². The molecule has 5 heteroatoms. The van der Waals surface area contributed by atoms with Gasteiger partial charge in [-0.25, -0.2) is 0 Å². The second-order valence-electron chi connectivity index (χ2n) is 11.0. The largest absolute Gasteiger partial charge is 0.283 e. The average molecular weight is 441 g/mol. The van der Waals surface area contributed by atoms with Crippen molar-refractivity contribution in [2.24, 2.45) is 17.8 Å². The highest BCUT2D eigenvalue weighted by atomic mass is 32.2. The van der Waals surface area contributed by atoms with E-state index in [9.17, 15) is 8.42 Å². The maximum atomic E-state index is 14.0. The topological polar surface area (TPSA) is 52.0 Å². The van der Waals surface area contributed by atoms with Crippen LogP contribution in [0.1, 0.15) is 83.3 Å². The minimum Gasteiger partial charge on any atom is -0.199 e. The van der Waals surface area contributed by atoms with Gasteiger partial charge in [-0.2, -0.15) is 17.6 Å². The van der Waals surface area contributed by atoms with E-state index in [1.54, 1.807) is 0 Å². The predicted octanol–water partition coefficient (Wildman–Crippen LogP) is 5.75. The third-order valence-corrected chi connectivity index (χ3v) is 11.2. The highest BCUT2D eigenvalue weighted by molar-refractivity contribution is 7.90. The molecular formula is C26H36N2O2S. The highest BCUT2D eigenvalue weighted by Crippen LogP contribution is 2.61. The first-order chi connectivity index (χ1) is 14.5. The molecule has 6 rings (SSSR count). The molecule has 4 aliphatic rings. The lowest BCUT2D eigenvalue weighted by Crippen LogP contribution is -2.49. The van der Waals surface area contributed by atoms with Crippen LogP contribution in [-0.2, 0) is 15.4 Å². The van der Waals surface area contributed by atoms with Crippen molar-refractivity contribution in [2.75, 3.05) is 0 Å². The van der Waals surface area contributed by atoms with E-state index in [1.807, 2.05) is 41.5 Å². The molecule has 2 aromatic rings. The quantitative estimate of drug-likeness (QED) is 0.611. The van der Waals surface area contributed by atoms with Crippen molar-refractivity contribution < 1.29 is 8.42 Å². The smallest absolute Gasteiger partial charge is 0.199 e. The Morgan fingerprint density at radius 2 is 1.16 bits per heavy atom. The number of hydrogen-bond acceptors (Lipinski definition) is 3. The number of hydrogen-bond donors (Lipinski definition) is 0. The third-order valence-electron chi connectivity index (χ3n) is 9.24. The predicted molar refractivity (Wildman–Crippen MR) is 124 cm³/mol. The van der Waals surface area contributed by atoms with Gasteiger partial charge >= 0.3 is 0 Å². The molecule has 31 heavy (non-hydrogen) atoms. The van der Waals surface area contributed by atoms with E-state index in [1.165, 1.54) is 53.7 Å². The maximum Gasteiger partial charge on any atom is 0.283 e. The minimum absolute atomic E-state index is 0.139. The Morgan fingerprint density at radius 3 is 1.61 bits per heavy atom. The SMILES string of the molecule is Cc1nn(S(=O)(=O)c2c(C)c(C)c(C)c(C)c2C)c(C)c1C12CC3CC(CC(C3)C1)C2. The molecule has 0 spiro atoms. The summed E-state index contributed by atoms with van der Waals surface area (Å²) in [6.45, 7) is 14.0. The van der Waals surface area contributed by atoms with Crippen molar-refractivity contribution in [1.29, 1.82) is 0 Å². The van der Waals surface area contributed by atoms with E-state index in [-0.39, 0.29) is 5.41 Å². The first-order valence-electron chi connectivity index (χ1n) is 11.9.